The number of hydrogen-bond donors (Lipinski definition) is 1. The van der Waals surface area contributed by atoms with Crippen molar-refractivity contribution in [3.63, 3.8) is 0 Å². The second-order valence-electron chi connectivity index (χ2n) is 5.15. The lowest BCUT2D eigenvalue weighted by atomic mass is 9.89. The molecule has 2 atom stereocenters. The summed E-state index contributed by atoms with van der Waals surface area (Å²) in [5.74, 6) is 0.131. The molecule has 0 saturated carbocycles. The van der Waals surface area contributed by atoms with E-state index in [0.29, 0.717) is 9.88 Å². The molecule has 2 unspecified atom stereocenters. The average Bonchev–Trinajstić information content (AvgIpc) is 2.36. The van der Waals surface area contributed by atoms with E-state index in [1.54, 1.807) is 32.0 Å². The molecule has 0 heterocycles. The lowest BCUT2D eigenvalue weighted by Gasteiger charge is -2.20. The van der Waals surface area contributed by atoms with Crippen LogP contribution in [0.1, 0.15) is 39.2 Å². The first kappa shape index (κ1) is 16.1. The van der Waals surface area contributed by atoms with E-state index >= 15 is 0 Å². The zero-order valence-electron chi connectivity index (χ0n) is 11.8. The third-order valence-electron chi connectivity index (χ3n) is 3.53. The van der Waals surface area contributed by atoms with Gasteiger partial charge in [-0.2, -0.15) is 0 Å². The van der Waals surface area contributed by atoms with E-state index in [-0.39, 0.29) is 11.8 Å². The highest BCUT2D eigenvalue weighted by molar-refractivity contribution is 7.92. The lowest BCUT2D eigenvalue weighted by Crippen LogP contribution is -2.23. The quantitative estimate of drug-likeness (QED) is 0.849. The fourth-order valence-electron chi connectivity index (χ4n) is 1.78. The summed E-state index contributed by atoms with van der Waals surface area (Å²) in [7, 11) is -3.24. The highest BCUT2D eigenvalue weighted by Gasteiger charge is 2.22. The summed E-state index contributed by atoms with van der Waals surface area (Å²) in [6.07, 6.45) is 0. The first-order valence-electron chi connectivity index (χ1n) is 6.31. The van der Waals surface area contributed by atoms with Crippen LogP contribution in [0.25, 0.3) is 0 Å². The van der Waals surface area contributed by atoms with Gasteiger partial charge in [0.15, 0.2) is 9.84 Å². The Bertz CT molecular complexity index is 565. The number of rotatable bonds is 5. The van der Waals surface area contributed by atoms with Crippen molar-refractivity contribution in [2.45, 2.75) is 43.8 Å². The van der Waals surface area contributed by atoms with Gasteiger partial charge in [-0.05, 0) is 37.5 Å². The van der Waals surface area contributed by atoms with Gasteiger partial charge in [0.2, 0.25) is 0 Å². The molecule has 0 aliphatic carbocycles. The molecule has 0 spiro atoms. The zero-order chi connectivity index (χ0) is 14.8. The molecule has 106 valence electrons. The summed E-state index contributed by atoms with van der Waals surface area (Å²) in [4.78, 5) is 0.812. The van der Waals surface area contributed by atoms with Gasteiger partial charge in [-0.3, -0.25) is 0 Å². The Hall–Kier alpha value is -0.940. The molecule has 0 radical (unpaired) electrons. The van der Waals surface area contributed by atoms with Crippen LogP contribution in [0, 0.1) is 5.92 Å². The van der Waals surface area contributed by atoms with E-state index in [2.05, 4.69) is 0 Å². The fraction of sp³-hybridized carbons (Fsp3) is 0.500. The minimum absolute atomic E-state index is 0.0343. The lowest BCUT2D eigenvalue weighted by molar-refractivity contribution is 0.586. The first-order chi connectivity index (χ1) is 8.67. The predicted molar refractivity (Wildman–Crippen MR) is 83.1 cm³/mol. The third kappa shape index (κ3) is 3.54. The standard InChI is InChI=1S/C14H21NO2S2/c1-9(2)19(16,17)13-7-5-6-12(8-13)10(3)11(4)14(15)18/h5-11H,1-4H3,(H2,15,18). The Kier molecular flexibility index (Phi) is 5.10. The van der Waals surface area contributed by atoms with Gasteiger partial charge in [0.05, 0.1) is 15.1 Å². The van der Waals surface area contributed by atoms with Crippen molar-refractivity contribution < 1.29 is 8.42 Å². The van der Waals surface area contributed by atoms with Gasteiger partial charge in [0.1, 0.15) is 0 Å². The Balaban J connectivity index is 3.18. The average molecular weight is 299 g/mol. The molecule has 1 aromatic carbocycles. The Morgan fingerprint density at radius 2 is 1.79 bits per heavy atom. The molecule has 0 bridgehead atoms. The fourth-order valence-corrected chi connectivity index (χ4v) is 3.10. The molecule has 1 rings (SSSR count). The van der Waals surface area contributed by atoms with Crippen LogP contribution in [-0.2, 0) is 9.84 Å². The van der Waals surface area contributed by atoms with Crippen LogP contribution in [0.2, 0.25) is 0 Å². The number of benzene rings is 1. The molecule has 19 heavy (non-hydrogen) atoms. The molecule has 0 fully saturated rings. The first-order valence-corrected chi connectivity index (χ1v) is 8.26. The van der Waals surface area contributed by atoms with Crippen molar-refractivity contribution in [3.05, 3.63) is 29.8 Å². The smallest absolute Gasteiger partial charge is 0.180 e. The zero-order valence-corrected chi connectivity index (χ0v) is 13.4. The van der Waals surface area contributed by atoms with Gasteiger partial charge in [-0.15, -0.1) is 0 Å². The maximum Gasteiger partial charge on any atom is 0.180 e. The Morgan fingerprint density at radius 1 is 1.21 bits per heavy atom. The maximum absolute atomic E-state index is 12.2. The van der Waals surface area contributed by atoms with Crippen molar-refractivity contribution in [2.24, 2.45) is 11.7 Å². The number of nitrogens with two attached hydrogens (primary N) is 1. The maximum atomic E-state index is 12.2. The molecule has 0 aliphatic rings. The number of sulfone groups is 1. The van der Waals surface area contributed by atoms with Gasteiger partial charge < -0.3 is 5.73 Å². The summed E-state index contributed by atoms with van der Waals surface area (Å²) in [5, 5.41) is -0.425. The van der Waals surface area contributed by atoms with E-state index in [1.807, 2.05) is 19.9 Å². The van der Waals surface area contributed by atoms with Crippen molar-refractivity contribution in [1.29, 1.82) is 0 Å². The molecule has 3 nitrogen and oxygen atoms in total. The normalized spacial score (nSPS) is 15.2. The summed E-state index contributed by atoms with van der Waals surface area (Å²) < 4.78 is 24.3. The molecule has 1 aromatic rings. The minimum atomic E-state index is -3.24. The molecule has 0 amide bonds. The topological polar surface area (TPSA) is 60.2 Å². The monoisotopic (exact) mass is 299 g/mol. The summed E-state index contributed by atoms with van der Waals surface area (Å²) in [5.41, 5.74) is 6.61. The van der Waals surface area contributed by atoms with Crippen LogP contribution in [-0.4, -0.2) is 18.7 Å². The summed E-state index contributed by atoms with van der Waals surface area (Å²) in [6, 6.07) is 7.05. The molecular formula is C14H21NO2S2. The van der Waals surface area contributed by atoms with Crippen LogP contribution < -0.4 is 5.73 Å². The molecule has 5 heteroatoms. The van der Waals surface area contributed by atoms with Gasteiger partial charge in [0.25, 0.3) is 0 Å². The van der Waals surface area contributed by atoms with E-state index in [1.165, 1.54) is 0 Å². The molecular weight excluding hydrogens is 278 g/mol. The molecule has 2 N–H and O–H groups in total. The molecule has 0 aromatic heterocycles. The minimum Gasteiger partial charge on any atom is -0.393 e. The Morgan fingerprint density at radius 3 is 2.26 bits per heavy atom. The van der Waals surface area contributed by atoms with Crippen molar-refractivity contribution in [2.75, 3.05) is 0 Å². The molecule has 0 aliphatic heterocycles. The van der Waals surface area contributed by atoms with Crippen LogP contribution in [0.15, 0.2) is 29.2 Å². The van der Waals surface area contributed by atoms with E-state index in [4.69, 9.17) is 18.0 Å². The molecule has 0 saturated heterocycles. The Labute approximate surface area is 121 Å². The van der Waals surface area contributed by atoms with E-state index in [0.717, 1.165) is 5.56 Å². The predicted octanol–water partition coefficient (Wildman–Crippen LogP) is 2.89. The third-order valence-corrected chi connectivity index (χ3v) is 6.06. The summed E-state index contributed by atoms with van der Waals surface area (Å²) >= 11 is 5.00. The SMILES string of the molecule is CC(C(N)=S)C(C)c1cccc(S(=O)(=O)C(C)C)c1. The number of hydrogen-bond acceptors (Lipinski definition) is 3. The van der Waals surface area contributed by atoms with Crippen LogP contribution in [0.3, 0.4) is 0 Å². The van der Waals surface area contributed by atoms with Gasteiger partial charge in [-0.25, -0.2) is 8.42 Å². The van der Waals surface area contributed by atoms with E-state index < -0.39 is 15.1 Å². The van der Waals surface area contributed by atoms with Crippen LogP contribution in [0.5, 0.6) is 0 Å². The van der Waals surface area contributed by atoms with Crippen LogP contribution in [0.4, 0.5) is 0 Å². The number of thiocarbonyl (C=S) groups is 1. The van der Waals surface area contributed by atoms with Gasteiger partial charge >= 0.3 is 0 Å². The van der Waals surface area contributed by atoms with Crippen molar-refractivity contribution in [3.8, 4) is 0 Å². The van der Waals surface area contributed by atoms with Crippen molar-refractivity contribution in [1.82, 2.24) is 0 Å². The second kappa shape index (κ2) is 6.01. The highest BCUT2D eigenvalue weighted by atomic mass is 32.2. The van der Waals surface area contributed by atoms with E-state index in [9.17, 15) is 8.42 Å². The van der Waals surface area contributed by atoms with Crippen LogP contribution >= 0.6 is 12.2 Å². The highest BCUT2D eigenvalue weighted by Crippen LogP contribution is 2.27. The van der Waals surface area contributed by atoms with Crippen molar-refractivity contribution >= 4 is 27.0 Å². The summed E-state index contributed by atoms with van der Waals surface area (Å²) in [6.45, 7) is 7.33. The largest absolute Gasteiger partial charge is 0.393 e. The van der Waals surface area contributed by atoms with Gasteiger partial charge in [0, 0.05) is 5.92 Å². The van der Waals surface area contributed by atoms with Gasteiger partial charge in [-0.1, -0.05) is 38.2 Å². The second-order valence-corrected chi connectivity index (χ2v) is 8.12.